The van der Waals surface area contributed by atoms with E-state index in [1.807, 2.05) is 12.3 Å². The summed E-state index contributed by atoms with van der Waals surface area (Å²) >= 11 is 0. The fourth-order valence-corrected chi connectivity index (χ4v) is 2.72. The van der Waals surface area contributed by atoms with Gasteiger partial charge >= 0.3 is 0 Å². The van der Waals surface area contributed by atoms with Crippen molar-refractivity contribution in [1.29, 1.82) is 0 Å². The highest BCUT2D eigenvalue weighted by molar-refractivity contribution is 5.81. The van der Waals surface area contributed by atoms with Gasteiger partial charge < -0.3 is 10.3 Å². The molecule has 0 saturated heterocycles. The van der Waals surface area contributed by atoms with Crippen LogP contribution < -0.4 is 5.32 Å². The predicted octanol–water partition coefficient (Wildman–Crippen LogP) is 2.19. The Morgan fingerprint density at radius 1 is 1.11 bits per heavy atom. The van der Waals surface area contributed by atoms with Crippen molar-refractivity contribution in [2.24, 2.45) is 0 Å². The normalized spacial score (nSPS) is 18.4. The first-order valence-corrected chi connectivity index (χ1v) is 6.52. The Kier molecular flexibility index (Phi) is 2.35. The van der Waals surface area contributed by atoms with Crippen LogP contribution in [0.5, 0.6) is 0 Å². The summed E-state index contributed by atoms with van der Waals surface area (Å²) in [6, 6.07) is 10.5. The minimum absolute atomic E-state index is 0.0969. The summed E-state index contributed by atoms with van der Waals surface area (Å²) in [6.45, 7) is 0.953. The van der Waals surface area contributed by atoms with Gasteiger partial charge in [0, 0.05) is 30.2 Å². The van der Waals surface area contributed by atoms with Gasteiger partial charge in [0.25, 0.3) is 0 Å². The van der Waals surface area contributed by atoms with E-state index in [1.54, 1.807) is 6.33 Å². The van der Waals surface area contributed by atoms with Gasteiger partial charge in [-0.2, -0.15) is 0 Å². The second kappa shape index (κ2) is 4.17. The number of aromatic nitrogens is 3. The van der Waals surface area contributed by atoms with Crippen molar-refractivity contribution in [3.63, 3.8) is 0 Å². The van der Waals surface area contributed by atoms with Crippen LogP contribution in [-0.2, 0) is 6.42 Å². The highest BCUT2D eigenvalue weighted by Gasteiger charge is 2.24. The molecular formula is C15H14N4. The van der Waals surface area contributed by atoms with Crippen LogP contribution in [0.4, 0.5) is 0 Å². The van der Waals surface area contributed by atoms with Crippen molar-refractivity contribution in [3.05, 3.63) is 59.9 Å². The van der Waals surface area contributed by atoms with E-state index in [9.17, 15) is 0 Å². The van der Waals surface area contributed by atoms with Crippen molar-refractivity contribution >= 4 is 10.8 Å². The largest absolute Gasteiger partial charge is 0.348 e. The second-order valence-electron chi connectivity index (χ2n) is 4.86. The van der Waals surface area contributed by atoms with Crippen LogP contribution in [0.1, 0.15) is 23.1 Å². The van der Waals surface area contributed by atoms with Crippen molar-refractivity contribution in [2.45, 2.75) is 12.5 Å². The summed E-state index contributed by atoms with van der Waals surface area (Å²) in [5.41, 5.74) is 3.33. The lowest BCUT2D eigenvalue weighted by molar-refractivity contribution is 0.543. The number of hydrogen-bond acceptors (Lipinski definition) is 3. The zero-order valence-electron chi connectivity index (χ0n) is 10.4. The van der Waals surface area contributed by atoms with Crippen molar-refractivity contribution in [1.82, 2.24) is 20.3 Å². The van der Waals surface area contributed by atoms with Gasteiger partial charge in [-0.25, -0.2) is 4.98 Å². The molecule has 2 N–H and O–H groups in total. The predicted molar refractivity (Wildman–Crippen MR) is 73.9 cm³/mol. The number of nitrogens with one attached hydrogen (secondary N) is 2. The third-order valence-corrected chi connectivity index (χ3v) is 3.70. The molecular weight excluding hydrogens is 236 g/mol. The quantitative estimate of drug-likeness (QED) is 0.696. The fraction of sp³-hybridized carbons (Fsp3) is 0.200. The molecule has 1 aliphatic heterocycles. The van der Waals surface area contributed by atoms with E-state index in [1.165, 1.54) is 16.5 Å². The van der Waals surface area contributed by atoms with Crippen LogP contribution in [0, 0.1) is 0 Å². The fourth-order valence-electron chi connectivity index (χ4n) is 2.72. The molecule has 0 aliphatic carbocycles. The molecule has 0 bridgehead atoms. The lowest BCUT2D eigenvalue weighted by atomic mass is 10.0. The van der Waals surface area contributed by atoms with Crippen LogP contribution in [0.15, 0.2) is 42.9 Å². The molecule has 2 aromatic heterocycles. The molecule has 1 aliphatic rings. The first kappa shape index (κ1) is 10.7. The molecule has 0 unspecified atom stereocenters. The van der Waals surface area contributed by atoms with Gasteiger partial charge in [-0.1, -0.05) is 24.3 Å². The Morgan fingerprint density at radius 2 is 2.00 bits per heavy atom. The lowest BCUT2D eigenvalue weighted by Crippen LogP contribution is -2.31. The first-order valence-electron chi connectivity index (χ1n) is 6.52. The maximum atomic E-state index is 4.59. The van der Waals surface area contributed by atoms with Gasteiger partial charge in [0.1, 0.15) is 0 Å². The molecule has 0 radical (unpaired) electrons. The summed E-state index contributed by atoms with van der Waals surface area (Å²) in [6.07, 6.45) is 4.71. The van der Waals surface area contributed by atoms with Crippen molar-refractivity contribution in [2.75, 3.05) is 6.54 Å². The third kappa shape index (κ3) is 1.72. The molecule has 94 valence electrons. The summed E-state index contributed by atoms with van der Waals surface area (Å²) in [7, 11) is 0. The lowest BCUT2D eigenvalue weighted by Gasteiger charge is -2.22. The van der Waals surface area contributed by atoms with Crippen molar-refractivity contribution in [3.8, 4) is 0 Å². The first-order chi connectivity index (χ1) is 9.42. The highest BCUT2D eigenvalue weighted by Crippen LogP contribution is 2.26. The van der Waals surface area contributed by atoms with Gasteiger partial charge in [-0.15, -0.1) is 0 Å². The number of benzene rings is 1. The summed E-state index contributed by atoms with van der Waals surface area (Å²) < 4.78 is 0. The van der Waals surface area contributed by atoms with E-state index in [4.69, 9.17) is 0 Å². The number of fused-ring (bicyclic) bond motifs is 2. The zero-order chi connectivity index (χ0) is 12.7. The number of pyridine rings is 1. The molecule has 1 atom stereocenters. The molecule has 0 fully saturated rings. The van der Waals surface area contributed by atoms with Crippen LogP contribution in [0.2, 0.25) is 0 Å². The number of hydrogen-bond donors (Lipinski definition) is 2. The standard InChI is InChI=1S/C15H14N4/c1-2-4-11-8-17-13(7-10(11)3-1)15-14-12(5-6-16-15)18-9-19-14/h1-4,7-9,15-16H,5-6H2,(H,18,19)/t15-/m1/s1. The molecule has 3 aromatic rings. The minimum atomic E-state index is 0.0969. The summed E-state index contributed by atoms with van der Waals surface area (Å²) in [4.78, 5) is 12.2. The minimum Gasteiger partial charge on any atom is -0.348 e. The van der Waals surface area contributed by atoms with E-state index in [0.717, 1.165) is 24.4 Å². The van der Waals surface area contributed by atoms with E-state index in [2.05, 4.69) is 44.5 Å². The Bertz CT molecular complexity index is 732. The van der Waals surface area contributed by atoms with Gasteiger partial charge in [0.05, 0.1) is 23.8 Å². The van der Waals surface area contributed by atoms with Gasteiger partial charge in [-0.05, 0) is 11.5 Å². The average Bonchev–Trinajstić information content (AvgIpc) is 2.95. The van der Waals surface area contributed by atoms with Gasteiger partial charge in [0.15, 0.2) is 0 Å². The number of H-pyrrole nitrogens is 1. The maximum Gasteiger partial charge on any atom is 0.0943 e. The van der Waals surface area contributed by atoms with E-state index in [-0.39, 0.29) is 6.04 Å². The average molecular weight is 250 g/mol. The number of aromatic amines is 1. The molecule has 4 heteroatoms. The Hall–Kier alpha value is -2.20. The second-order valence-corrected chi connectivity index (χ2v) is 4.86. The summed E-state index contributed by atoms with van der Waals surface area (Å²) in [5.74, 6) is 0. The molecule has 3 heterocycles. The van der Waals surface area contributed by atoms with Crippen molar-refractivity contribution < 1.29 is 0 Å². The molecule has 4 rings (SSSR count). The Balaban J connectivity index is 1.83. The van der Waals surface area contributed by atoms with E-state index in [0.29, 0.717) is 0 Å². The molecule has 0 spiro atoms. The third-order valence-electron chi connectivity index (χ3n) is 3.70. The summed E-state index contributed by atoms with van der Waals surface area (Å²) in [5, 5.41) is 5.89. The Labute approximate surface area is 110 Å². The molecule has 19 heavy (non-hydrogen) atoms. The van der Waals surface area contributed by atoms with Crippen LogP contribution in [0.3, 0.4) is 0 Å². The number of imidazole rings is 1. The number of rotatable bonds is 1. The topological polar surface area (TPSA) is 53.6 Å². The molecule has 4 nitrogen and oxygen atoms in total. The van der Waals surface area contributed by atoms with Gasteiger partial charge in [-0.3, -0.25) is 4.98 Å². The molecule has 0 saturated carbocycles. The van der Waals surface area contributed by atoms with E-state index < -0.39 is 0 Å². The van der Waals surface area contributed by atoms with Crippen LogP contribution in [0.25, 0.3) is 10.8 Å². The smallest absolute Gasteiger partial charge is 0.0943 e. The molecule has 0 amide bonds. The monoisotopic (exact) mass is 250 g/mol. The number of nitrogens with zero attached hydrogens (tertiary/aromatic N) is 2. The Morgan fingerprint density at radius 3 is 2.95 bits per heavy atom. The van der Waals surface area contributed by atoms with Crippen LogP contribution >= 0.6 is 0 Å². The molecule has 1 aromatic carbocycles. The van der Waals surface area contributed by atoms with Gasteiger partial charge in [0.2, 0.25) is 0 Å². The zero-order valence-corrected chi connectivity index (χ0v) is 10.4. The van der Waals surface area contributed by atoms with E-state index >= 15 is 0 Å². The SMILES string of the molecule is c1ccc2cc([C@H]3NCCc4[nH]cnc43)ncc2c1. The van der Waals surface area contributed by atoms with Crippen LogP contribution in [-0.4, -0.2) is 21.5 Å². The maximum absolute atomic E-state index is 4.59. The highest BCUT2D eigenvalue weighted by atomic mass is 15.0.